The molecule has 2 heterocycles. The molecule has 0 saturated heterocycles. The smallest absolute Gasteiger partial charge is 0.318 e. The Labute approximate surface area is 139 Å². The van der Waals surface area contributed by atoms with Crippen molar-refractivity contribution in [1.29, 1.82) is 0 Å². The number of hydrogen-bond acceptors (Lipinski definition) is 6. The molecule has 0 atom stereocenters. The average Bonchev–Trinajstić information content (AvgIpc) is 3.07. The zero-order valence-corrected chi connectivity index (χ0v) is 13.8. The third-order valence-corrected chi connectivity index (χ3v) is 4.81. The number of primary amides is 1. The molecule has 1 aromatic carbocycles. The largest absolute Gasteiger partial charge is 0.351 e. The average molecular weight is 347 g/mol. The van der Waals surface area contributed by atoms with E-state index in [9.17, 15) is 9.59 Å². The van der Waals surface area contributed by atoms with Gasteiger partial charge in [0.2, 0.25) is 10.9 Å². The van der Waals surface area contributed by atoms with Crippen molar-refractivity contribution in [2.24, 2.45) is 5.73 Å². The van der Waals surface area contributed by atoms with Crippen LogP contribution in [0.25, 0.3) is 16.2 Å². The van der Waals surface area contributed by atoms with Crippen LogP contribution in [0.2, 0.25) is 0 Å². The number of carbonyl (C=O) groups is 2. The Balaban J connectivity index is 1.87. The van der Waals surface area contributed by atoms with E-state index in [1.807, 2.05) is 46.3 Å². The van der Waals surface area contributed by atoms with E-state index in [-0.39, 0.29) is 5.75 Å². The van der Waals surface area contributed by atoms with Crippen LogP contribution in [0.4, 0.5) is 4.79 Å². The van der Waals surface area contributed by atoms with Crippen molar-refractivity contribution >= 4 is 40.0 Å². The second-order valence-corrected chi connectivity index (χ2v) is 6.57. The number of imide groups is 1. The van der Waals surface area contributed by atoms with Gasteiger partial charge in [-0.1, -0.05) is 41.6 Å². The van der Waals surface area contributed by atoms with Crippen molar-refractivity contribution in [3.8, 4) is 11.3 Å². The summed E-state index contributed by atoms with van der Waals surface area (Å²) < 4.78 is 1.90. The molecule has 0 aliphatic heterocycles. The van der Waals surface area contributed by atoms with Crippen molar-refractivity contribution in [3.05, 3.63) is 35.2 Å². The van der Waals surface area contributed by atoms with Gasteiger partial charge in [0.15, 0.2) is 5.16 Å². The van der Waals surface area contributed by atoms with Gasteiger partial charge >= 0.3 is 6.03 Å². The first-order valence-corrected chi connectivity index (χ1v) is 8.53. The Morgan fingerprint density at radius 1 is 1.30 bits per heavy atom. The van der Waals surface area contributed by atoms with Gasteiger partial charge in [0.1, 0.15) is 0 Å². The predicted octanol–water partition coefficient (Wildman–Crippen LogP) is 2.05. The molecule has 9 heteroatoms. The van der Waals surface area contributed by atoms with Gasteiger partial charge in [-0.2, -0.15) is 0 Å². The van der Waals surface area contributed by atoms with Crippen molar-refractivity contribution < 1.29 is 9.59 Å². The van der Waals surface area contributed by atoms with Gasteiger partial charge < -0.3 is 5.73 Å². The van der Waals surface area contributed by atoms with E-state index in [2.05, 4.69) is 10.2 Å². The van der Waals surface area contributed by atoms with Crippen molar-refractivity contribution in [2.75, 3.05) is 5.75 Å². The fourth-order valence-electron chi connectivity index (χ4n) is 2.02. The van der Waals surface area contributed by atoms with Gasteiger partial charge in [0.05, 0.1) is 11.4 Å². The van der Waals surface area contributed by atoms with Crippen LogP contribution in [0.15, 0.2) is 34.8 Å². The van der Waals surface area contributed by atoms with Gasteiger partial charge in [-0.15, -0.1) is 21.5 Å². The molecule has 0 saturated carbocycles. The number of fused-ring (bicyclic) bond motifs is 1. The first-order chi connectivity index (χ1) is 11.0. The van der Waals surface area contributed by atoms with Gasteiger partial charge in [-0.25, -0.2) is 4.79 Å². The summed E-state index contributed by atoms with van der Waals surface area (Å²) >= 11 is 2.68. The molecule has 3 N–H and O–H groups in total. The number of nitrogens with one attached hydrogen (secondary N) is 1. The number of aromatic nitrogens is 3. The standard InChI is InChI=1S/C14H13N5O2S2/c1-8-2-4-9(5-3-8)10-6-22-13-17-18-14(19(10)13)23-7-11(20)16-12(15)21/h2-6H,7H2,1H3,(H3,15,16,20,21). The van der Waals surface area contributed by atoms with E-state index in [1.54, 1.807) is 0 Å². The van der Waals surface area contributed by atoms with Gasteiger partial charge in [0, 0.05) is 5.38 Å². The third-order valence-electron chi connectivity index (χ3n) is 3.06. The highest BCUT2D eigenvalue weighted by atomic mass is 32.2. The van der Waals surface area contributed by atoms with E-state index < -0.39 is 11.9 Å². The Kier molecular flexibility index (Phi) is 4.30. The van der Waals surface area contributed by atoms with E-state index in [1.165, 1.54) is 28.7 Å². The molecule has 0 fully saturated rings. The van der Waals surface area contributed by atoms with Crippen LogP contribution < -0.4 is 11.1 Å². The van der Waals surface area contributed by atoms with Crippen LogP contribution in [0.3, 0.4) is 0 Å². The summed E-state index contributed by atoms with van der Waals surface area (Å²) in [7, 11) is 0. The van der Waals surface area contributed by atoms with Gasteiger partial charge in [-0.05, 0) is 12.5 Å². The van der Waals surface area contributed by atoms with Crippen LogP contribution in [0.5, 0.6) is 0 Å². The van der Waals surface area contributed by atoms with Crippen LogP contribution >= 0.6 is 23.1 Å². The number of aryl methyl sites for hydroxylation is 1. The quantitative estimate of drug-likeness (QED) is 0.703. The van der Waals surface area contributed by atoms with E-state index >= 15 is 0 Å². The second-order valence-electron chi connectivity index (χ2n) is 4.79. The molecule has 0 aliphatic rings. The number of thiazole rings is 1. The predicted molar refractivity (Wildman–Crippen MR) is 89.5 cm³/mol. The summed E-state index contributed by atoms with van der Waals surface area (Å²) in [5.74, 6) is -0.432. The number of carbonyl (C=O) groups excluding carboxylic acids is 2. The van der Waals surface area contributed by atoms with Crippen LogP contribution in [0, 0.1) is 6.92 Å². The maximum atomic E-state index is 11.5. The summed E-state index contributed by atoms with van der Waals surface area (Å²) in [4.78, 5) is 22.9. The molecule has 7 nitrogen and oxygen atoms in total. The lowest BCUT2D eigenvalue weighted by atomic mass is 10.1. The molecule has 0 unspecified atom stereocenters. The SMILES string of the molecule is Cc1ccc(-c2csc3nnc(SCC(=O)NC(N)=O)n23)cc1. The molecule has 0 spiro atoms. The molecule has 118 valence electrons. The lowest BCUT2D eigenvalue weighted by Gasteiger charge is -2.03. The topological polar surface area (TPSA) is 102 Å². The summed E-state index contributed by atoms with van der Waals surface area (Å²) in [6.07, 6.45) is 0. The monoisotopic (exact) mass is 347 g/mol. The van der Waals surface area contributed by atoms with Gasteiger partial charge in [-0.3, -0.25) is 14.5 Å². The number of rotatable bonds is 4. The molecule has 3 rings (SSSR count). The molecule has 0 radical (unpaired) electrons. The zero-order valence-electron chi connectivity index (χ0n) is 12.1. The van der Waals surface area contributed by atoms with E-state index in [0.717, 1.165) is 16.2 Å². The first kappa shape index (κ1) is 15.5. The second kappa shape index (κ2) is 6.39. The van der Waals surface area contributed by atoms with Crippen molar-refractivity contribution in [2.45, 2.75) is 12.1 Å². The van der Waals surface area contributed by atoms with Crippen LogP contribution in [-0.2, 0) is 4.79 Å². The maximum Gasteiger partial charge on any atom is 0.318 e. The molecule has 0 aliphatic carbocycles. The summed E-state index contributed by atoms with van der Waals surface area (Å²) in [6, 6.07) is 7.28. The van der Waals surface area contributed by atoms with E-state index in [4.69, 9.17) is 5.73 Å². The Morgan fingerprint density at radius 3 is 2.74 bits per heavy atom. The van der Waals surface area contributed by atoms with Crippen molar-refractivity contribution in [3.63, 3.8) is 0 Å². The molecule has 3 amide bonds. The van der Waals surface area contributed by atoms with E-state index in [0.29, 0.717) is 5.16 Å². The number of benzene rings is 1. The fraction of sp³-hybridized carbons (Fsp3) is 0.143. The Bertz CT molecular complexity index is 869. The summed E-state index contributed by atoms with van der Waals surface area (Å²) in [6.45, 7) is 2.03. The Hall–Kier alpha value is -2.39. The minimum Gasteiger partial charge on any atom is -0.351 e. The molecular formula is C14H13N5O2S2. The molecule has 2 aromatic heterocycles. The molecule has 0 bridgehead atoms. The molecular weight excluding hydrogens is 334 g/mol. The highest BCUT2D eigenvalue weighted by Crippen LogP contribution is 2.29. The molecule has 3 aromatic rings. The third kappa shape index (κ3) is 3.35. The maximum absolute atomic E-state index is 11.5. The number of hydrogen-bond donors (Lipinski definition) is 2. The summed E-state index contributed by atoms with van der Waals surface area (Å²) in [5, 5.41) is 12.8. The number of nitrogens with two attached hydrogens (primary N) is 1. The first-order valence-electron chi connectivity index (χ1n) is 6.66. The minimum atomic E-state index is -0.863. The highest BCUT2D eigenvalue weighted by molar-refractivity contribution is 7.99. The highest BCUT2D eigenvalue weighted by Gasteiger charge is 2.15. The van der Waals surface area contributed by atoms with Crippen molar-refractivity contribution in [1.82, 2.24) is 19.9 Å². The number of amides is 3. The van der Waals surface area contributed by atoms with Gasteiger partial charge in [0.25, 0.3) is 0 Å². The molecule has 23 heavy (non-hydrogen) atoms. The Morgan fingerprint density at radius 2 is 2.04 bits per heavy atom. The number of thioether (sulfide) groups is 1. The van der Waals surface area contributed by atoms with Crippen LogP contribution in [-0.4, -0.2) is 32.3 Å². The zero-order chi connectivity index (χ0) is 16.4. The fourth-order valence-corrected chi connectivity index (χ4v) is 3.66. The summed E-state index contributed by atoms with van der Waals surface area (Å²) in [5.41, 5.74) is 8.11. The number of nitrogens with zero attached hydrogens (tertiary/aromatic N) is 3. The number of urea groups is 1. The minimum absolute atomic E-state index is 0.0346. The lowest BCUT2D eigenvalue weighted by molar-refractivity contribution is -0.117. The van der Waals surface area contributed by atoms with Crippen LogP contribution in [0.1, 0.15) is 5.56 Å². The lowest BCUT2D eigenvalue weighted by Crippen LogP contribution is -2.36. The normalized spacial score (nSPS) is 10.8.